The van der Waals surface area contributed by atoms with Crippen LogP contribution in [0.5, 0.6) is 0 Å². The highest BCUT2D eigenvalue weighted by molar-refractivity contribution is 7.87. The standard InChI is InChI=1S/C11H18O7S/c1-3-5-7-17-10(12)8-9(19(14,15)16)11(13)18-6-4-2/h4,9H,2-3,5-8H2,1H3,(H,14,15,16). The van der Waals surface area contributed by atoms with Gasteiger partial charge in [-0.15, -0.1) is 0 Å². The molecule has 0 amide bonds. The van der Waals surface area contributed by atoms with Gasteiger partial charge in [-0.3, -0.25) is 14.1 Å². The van der Waals surface area contributed by atoms with E-state index in [0.29, 0.717) is 6.42 Å². The topological polar surface area (TPSA) is 107 Å². The van der Waals surface area contributed by atoms with Crippen LogP contribution in [0.1, 0.15) is 26.2 Å². The van der Waals surface area contributed by atoms with Crippen molar-refractivity contribution in [2.45, 2.75) is 31.4 Å². The molecule has 1 unspecified atom stereocenters. The van der Waals surface area contributed by atoms with Crippen LogP contribution in [0.2, 0.25) is 0 Å². The van der Waals surface area contributed by atoms with Gasteiger partial charge in [0.15, 0.2) is 5.25 Å². The number of esters is 2. The second-order valence-corrected chi connectivity index (χ2v) is 5.30. The van der Waals surface area contributed by atoms with Gasteiger partial charge < -0.3 is 9.47 Å². The Bertz CT molecular complexity index is 413. The third-order valence-corrected chi connectivity index (χ3v) is 3.16. The lowest BCUT2D eigenvalue weighted by molar-refractivity contribution is -0.149. The van der Waals surface area contributed by atoms with Crippen LogP contribution in [0.4, 0.5) is 0 Å². The second-order valence-electron chi connectivity index (χ2n) is 3.70. The molecule has 0 aliphatic carbocycles. The molecule has 0 fully saturated rings. The van der Waals surface area contributed by atoms with Crippen molar-refractivity contribution in [3.8, 4) is 0 Å². The number of ether oxygens (including phenoxy) is 2. The first-order valence-corrected chi connectivity index (χ1v) is 7.22. The van der Waals surface area contributed by atoms with Gasteiger partial charge >= 0.3 is 11.9 Å². The van der Waals surface area contributed by atoms with Crippen molar-refractivity contribution in [3.63, 3.8) is 0 Å². The van der Waals surface area contributed by atoms with Gasteiger partial charge in [-0.25, -0.2) is 0 Å². The summed E-state index contributed by atoms with van der Waals surface area (Å²) in [5.74, 6) is -2.10. The molecule has 0 saturated carbocycles. The Hall–Kier alpha value is -1.41. The van der Waals surface area contributed by atoms with Crippen molar-refractivity contribution in [2.75, 3.05) is 13.2 Å². The van der Waals surface area contributed by atoms with Crippen LogP contribution >= 0.6 is 0 Å². The molecule has 0 saturated heterocycles. The molecule has 0 aliphatic rings. The fourth-order valence-corrected chi connectivity index (χ4v) is 1.74. The Labute approximate surface area is 112 Å². The SMILES string of the molecule is C=CCOC(=O)C(CC(=O)OCCCC)S(=O)(=O)O. The summed E-state index contributed by atoms with van der Waals surface area (Å²) in [7, 11) is -4.73. The number of hydrogen-bond donors (Lipinski definition) is 1. The van der Waals surface area contributed by atoms with Crippen LogP contribution in [0.3, 0.4) is 0 Å². The molecule has 0 heterocycles. The molecule has 0 radical (unpaired) electrons. The lowest BCUT2D eigenvalue weighted by Gasteiger charge is -2.12. The van der Waals surface area contributed by atoms with Gasteiger partial charge in [0, 0.05) is 0 Å². The van der Waals surface area contributed by atoms with Gasteiger partial charge in [0.05, 0.1) is 13.0 Å². The van der Waals surface area contributed by atoms with Crippen molar-refractivity contribution in [1.82, 2.24) is 0 Å². The summed E-state index contributed by atoms with van der Waals surface area (Å²) in [4.78, 5) is 22.7. The molecule has 7 nitrogen and oxygen atoms in total. The Kier molecular flexibility index (Phi) is 8.01. The van der Waals surface area contributed by atoms with Crippen LogP contribution in [0, 0.1) is 0 Å². The third kappa shape index (κ3) is 7.58. The van der Waals surface area contributed by atoms with Crippen LogP contribution < -0.4 is 0 Å². The fourth-order valence-electron chi connectivity index (χ4n) is 1.08. The Morgan fingerprint density at radius 2 is 2.00 bits per heavy atom. The van der Waals surface area contributed by atoms with E-state index in [9.17, 15) is 18.0 Å². The maximum absolute atomic E-state index is 11.4. The van der Waals surface area contributed by atoms with Gasteiger partial charge in [0.25, 0.3) is 10.1 Å². The Balaban J connectivity index is 4.57. The molecule has 0 aliphatic heterocycles. The summed E-state index contributed by atoms with van der Waals surface area (Å²) in [5.41, 5.74) is 0. The van der Waals surface area contributed by atoms with E-state index < -0.39 is 33.7 Å². The number of rotatable bonds is 9. The molecule has 1 atom stereocenters. The molecule has 0 spiro atoms. The van der Waals surface area contributed by atoms with Crippen LogP contribution in [-0.2, 0) is 29.2 Å². The summed E-state index contributed by atoms with van der Waals surface area (Å²) in [6.07, 6.45) is 1.89. The summed E-state index contributed by atoms with van der Waals surface area (Å²) >= 11 is 0. The molecule has 8 heteroatoms. The summed E-state index contributed by atoms with van der Waals surface area (Å²) in [5, 5.41) is -1.97. The van der Waals surface area contributed by atoms with Crippen molar-refractivity contribution in [1.29, 1.82) is 0 Å². The highest BCUT2D eigenvalue weighted by Gasteiger charge is 2.35. The van der Waals surface area contributed by atoms with Crippen LogP contribution in [0.25, 0.3) is 0 Å². The molecule has 110 valence electrons. The number of hydrogen-bond acceptors (Lipinski definition) is 6. The third-order valence-electron chi connectivity index (χ3n) is 2.08. The second kappa shape index (κ2) is 8.65. The van der Waals surface area contributed by atoms with Crippen LogP contribution in [0.15, 0.2) is 12.7 Å². The molecule has 0 aromatic heterocycles. The van der Waals surface area contributed by atoms with E-state index in [2.05, 4.69) is 11.3 Å². The summed E-state index contributed by atoms with van der Waals surface area (Å²) in [6.45, 7) is 5.10. The average molecular weight is 294 g/mol. The van der Waals surface area contributed by atoms with Crippen molar-refractivity contribution in [2.24, 2.45) is 0 Å². The maximum atomic E-state index is 11.4. The first-order chi connectivity index (χ1) is 8.82. The highest BCUT2D eigenvalue weighted by Crippen LogP contribution is 2.09. The Morgan fingerprint density at radius 1 is 1.37 bits per heavy atom. The first kappa shape index (κ1) is 17.6. The summed E-state index contributed by atoms with van der Waals surface area (Å²) in [6, 6.07) is 0. The zero-order chi connectivity index (χ0) is 14.9. The van der Waals surface area contributed by atoms with Gasteiger partial charge in [0.2, 0.25) is 0 Å². The molecule has 0 bridgehead atoms. The van der Waals surface area contributed by atoms with E-state index in [1.54, 1.807) is 0 Å². The zero-order valence-electron chi connectivity index (χ0n) is 10.7. The monoisotopic (exact) mass is 294 g/mol. The van der Waals surface area contributed by atoms with Crippen molar-refractivity contribution < 1.29 is 32.0 Å². The largest absolute Gasteiger partial charge is 0.466 e. The van der Waals surface area contributed by atoms with Gasteiger partial charge in [-0.05, 0) is 6.42 Å². The van der Waals surface area contributed by atoms with Crippen molar-refractivity contribution in [3.05, 3.63) is 12.7 Å². The van der Waals surface area contributed by atoms with E-state index in [1.165, 1.54) is 6.08 Å². The van der Waals surface area contributed by atoms with Crippen LogP contribution in [-0.4, -0.2) is 43.4 Å². The number of carbonyl (C=O) groups excluding carboxylic acids is 2. The lowest BCUT2D eigenvalue weighted by atomic mass is 10.3. The van der Waals surface area contributed by atoms with Crippen molar-refractivity contribution >= 4 is 22.1 Å². The predicted molar refractivity (Wildman–Crippen MR) is 67.0 cm³/mol. The smallest absolute Gasteiger partial charge is 0.327 e. The minimum absolute atomic E-state index is 0.134. The number of unbranched alkanes of at least 4 members (excludes halogenated alkanes) is 1. The lowest BCUT2D eigenvalue weighted by Crippen LogP contribution is -2.34. The predicted octanol–water partition coefficient (Wildman–Crippen LogP) is 0.705. The van der Waals surface area contributed by atoms with E-state index in [1.807, 2.05) is 6.92 Å². The molecular formula is C11H18O7S. The van der Waals surface area contributed by atoms with Gasteiger partial charge in [0.1, 0.15) is 6.61 Å². The molecule has 1 N–H and O–H groups in total. The highest BCUT2D eigenvalue weighted by atomic mass is 32.2. The first-order valence-electron chi connectivity index (χ1n) is 5.72. The number of carbonyl (C=O) groups is 2. The van der Waals surface area contributed by atoms with Gasteiger partial charge in [-0.2, -0.15) is 8.42 Å². The van der Waals surface area contributed by atoms with E-state index in [-0.39, 0.29) is 13.2 Å². The van der Waals surface area contributed by atoms with E-state index in [4.69, 9.17) is 9.29 Å². The average Bonchev–Trinajstić information content (AvgIpc) is 2.32. The summed E-state index contributed by atoms with van der Waals surface area (Å²) < 4.78 is 40.2. The maximum Gasteiger partial charge on any atom is 0.327 e. The van der Waals surface area contributed by atoms with E-state index in [0.717, 1.165) is 6.42 Å². The fraction of sp³-hybridized carbons (Fsp3) is 0.636. The van der Waals surface area contributed by atoms with E-state index >= 15 is 0 Å². The Morgan fingerprint density at radius 3 is 2.47 bits per heavy atom. The normalized spacial score (nSPS) is 12.5. The molecular weight excluding hydrogens is 276 g/mol. The quantitative estimate of drug-likeness (QED) is 0.289. The van der Waals surface area contributed by atoms with Gasteiger partial charge in [-0.1, -0.05) is 26.0 Å². The minimum atomic E-state index is -4.73. The minimum Gasteiger partial charge on any atom is -0.466 e. The molecule has 0 rings (SSSR count). The zero-order valence-corrected chi connectivity index (χ0v) is 11.5. The molecule has 0 aromatic carbocycles. The molecule has 0 aromatic rings. The molecule has 19 heavy (non-hydrogen) atoms.